The van der Waals surface area contributed by atoms with Crippen LogP contribution < -0.4 is 5.73 Å². The van der Waals surface area contributed by atoms with Gasteiger partial charge in [0, 0.05) is 25.2 Å². The molecule has 2 aliphatic rings. The van der Waals surface area contributed by atoms with Crippen molar-refractivity contribution in [1.82, 2.24) is 4.90 Å². The zero-order valence-corrected chi connectivity index (χ0v) is 11.0. The van der Waals surface area contributed by atoms with Crippen LogP contribution in [0.15, 0.2) is 0 Å². The molecule has 1 aliphatic heterocycles. The Morgan fingerprint density at radius 1 is 1.12 bits per heavy atom. The maximum absolute atomic E-state index is 6.11. The molecule has 0 amide bonds. The van der Waals surface area contributed by atoms with Crippen molar-refractivity contribution in [3.8, 4) is 0 Å². The molecule has 2 N–H and O–H groups in total. The van der Waals surface area contributed by atoms with Gasteiger partial charge in [-0.3, -0.25) is 4.90 Å². The lowest BCUT2D eigenvalue weighted by atomic mass is 9.83. The van der Waals surface area contributed by atoms with Crippen molar-refractivity contribution >= 4 is 0 Å². The number of hydrogen-bond acceptors (Lipinski definition) is 2. The third kappa shape index (κ3) is 2.78. The van der Waals surface area contributed by atoms with Crippen LogP contribution in [0.5, 0.6) is 0 Å². The molecule has 2 nitrogen and oxygen atoms in total. The molecule has 2 unspecified atom stereocenters. The topological polar surface area (TPSA) is 29.3 Å². The molecule has 1 saturated carbocycles. The molecule has 94 valence electrons. The fourth-order valence-corrected chi connectivity index (χ4v) is 3.54. The van der Waals surface area contributed by atoms with E-state index in [1.165, 1.54) is 45.1 Å². The van der Waals surface area contributed by atoms with Gasteiger partial charge >= 0.3 is 0 Å². The largest absolute Gasteiger partial charge is 0.326 e. The van der Waals surface area contributed by atoms with E-state index in [0.717, 1.165) is 18.5 Å². The molecule has 0 spiro atoms. The highest BCUT2D eigenvalue weighted by Crippen LogP contribution is 2.32. The third-order valence-electron chi connectivity index (χ3n) is 4.73. The molecule has 2 heteroatoms. The van der Waals surface area contributed by atoms with Gasteiger partial charge in [0.1, 0.15) is 0 Å². The monoisotopic (exact) mass is 224 g/mol. The molecule has 0 aromatic heterocycles. The Bertz CT molecular complexity index is 199. The third-order valence-corrected chi connectivity index (χ3v) is 4.73. The molecule has 2 atom stereocenters. The van der Waals surface area contributed by atoms with E-state index in [0.29, 0.717) is 12.0 Å². The summed E-state index contributed by atoms with van der Waals surface area (Å²) in [6, 6.07) is 1.28. The minimum Gasteiger partial charge on any atom is -0.326 e. The van der Waals surface area contributed by atoms with Crippen molar-refractivity contribution in [1.29, 1.82) is 0 Å². The van der Waals surface area contributed by atoms with Gasteiger partial charge in [-0.15, -0.1) is 0 Å². The summed E-state index contributed by atoms with van der Waals surface area (Å²) in [7, 11) is 0. The normalized spacial score (nSPS) is 41.4. The van der Waals surface area contributed by atoms with E-state index in [-0.39, 0.29) is 0 Å². The summed E-state index contributed by atoms with van der Waals surface area (Å²) in [4.78, 5) is 2.66. The van der Waals surface area contributed by atoms with Crippen LogP contribution in [0, 0.1) is 11.8 Å². The van der Waals surface area contributed by atoms with Crippen LogP contribution in [0.4, 0.5) is 0 Å². The molecule has 0 aromatic carbocycles. The van der Waals surface area contributed by atoms with Crippen LogP contribution >= 0.6 is 0 Å². The number of hydrogen-bond donors (Lipinski definition) is 1. The molecule has 0 bridgehead atoms. The Balaban J connectivity index is 1.77. The van der Waals surface area contributed by atoms with Crippen LogP contribution in [0.2, 0.25) is 0 Å². The SMILES string of the molecule is CCCC1CCC(N2CC(C)C(N)C2)CC1. The van der Waals surface area contributed by atoms with Crippen LogP contribution in [-0.2, 0) is 0 Å². The standard InChI is InChI=1S/C14H28N2/c1-3-4-12-5-7-13(8-6-12)16-9-11(2)14(15)10-16/h11-14H,3-10,15H2,1-2H3. The average Bonchev–Trinajstić information content (AvgIpc) is 2.61. The summed E-state index contributed by atoms with van der Waals surface area (Å²) in [5.74, 6) is 1.73. The Morgan fingerprint density at radius 3 is 2.31 bits per heavy atom. The molecule has 0 aromatic rings. The van der Waals surface area contributed by atoms with Crippen molar-refractivity contribution in [3.05, 3.63) is 0 Å². The first-order valence-corrected chi connectivity index (χ1v) is 7.20. The van der Waals surface area contributed by atoms with Gasteiger partial charge in [0.2, 0.25) is 0 Å². The Morgan fingerprint density at radius 2 is 1.81 bits per heavy atom. The maximum Gasteiger partial charge on any atom is 0.0206 e. The van der Waals surface area contributed by atoms with Crippen molar-refractivity contribution in [3.63, 3.8) is 0 Å². The summed E-state index contributed by atoms with van der Waals surface area (Å²) >= 11 is 0. The zero-order valence-electron chi connectivity index (χ0n) is 11.0. The first-order chi connectivity index (χ1) is 7.70. The fourth-order valence-electron chi connectivity index (χ4n) is 3.54. The quantitative estimate of drug-likeness (QED) is 0.798. The van der Waals surface area contributed by atoms with Gasteiger partial charge in [-0.2, -0.15) is 0 Å². The van der Waals surface area contributed by atoms with Crippen LogP contribution in [0.1, 0.15) is 52.4 Å². The summed E-state index contributed by atoms with van der Waals surface area (Å²) in [5.41, 5.74) is 6.11. The van der Waals surface area contributed by atoms with Gasteiger partial charge in [0.15, 0.2) is 0 Å². The first kappa shape index (κ1) is 12.4. The van der Waals surface area contributed by atoms with E-state index in [9.17, 15) is 0 Å². The van der Waals surface area contributed by atoms with Crippen molar-refractivity contribution in [2.24, 2.45) is 17.6 Å². The number of nitrogens with zero attached hydrogens (tertiary/aromatic N) is 1. The predicted octanol–water partition coefficient (Wildman–Crippen LogP) is 2.62. The molecular formula is C14H28N2. The molecule has 16 heavy (non-hydrogen) atoms. The minimum atomic E-state index is 0.424. The average molecular weight is 224 g/mol. The predicted molar refractivity (Wildman–Crippen MR) is 69.4 cm³/mol. The zero-order chi connectivity index (χ0) is 11.5. The molecule has 1 aliphatic carbocycles. The van der Waals surface area contributed by atoms with Gasteiger partial charge in [-0.1, -0.05) is 26.7 Å². The Kier molecular flexibility index (Phi) is 4.26. The second-order valence-electron chi connectivity index (χ2n) is 6.06. The summed E-state index contributed by atoms with van der Waals surface area (Å²) in [6.07, 6.45) is 8.56. The van der Waals surface area contributed by atoms with E-state index in [1.807, 2.05) is 0 Å². The lowest BCUT2D eigenvalue weighted by molar-refractivity contribution is 0.156. The smallest absolute Gasteiger partial charge is 0.0206 e. The van der Waals surface area contributed by atoms with Crippen molar-refractivity contribution < 1.29 is 0 Å². The highest BCUT2D eigenvalue weighted by Gasteiger charge is 2.33. The first-order valence-electron chi connectivity index (χ1n) is 7.20. The Labute approximate surface area is 101 Å². The van der Waals surface area contributed by atoms with Crippen LogP contribution in [0.3, 0.4) is 0 Å². The van der Waals surface area contributed by atoms with Crippen LogP contribution in [0.25, 0.3) is 0 Å². The summed E-state index contributed by atoms with van der Waals surface area (Å²) in [5, 5.41) is 0. The van der Waals surface area contributed by atoms with Gasteiger partial charge in [0.25, 0.3) is 0 Å². The Hall–Kier alpha value is -0.0800. The van der Waals surface area contributed by atoms with E-state index in [1.54, 1.807) is 0 Å². The number of likely N-dealkylation sites (tertiary alicyclic amines) is 1. The molecule has 2 fully saturated rings. The highest BCUT2D eigenvalue weighted by atomic mass is 15.2. The fraction of sp³-hybridized carbons (Fsp3) is 1.00. The lowest BCUT2D eigenvalue weighted by Gasteiger charge is -2.34. The number of nitrogens with two attached hydrogens (primary N) is 1. The summed E-state index contributed by atoms with van der Waals surface area (Å²) < 4.78 is 0. The van der Waals surface area contributed by atoms with Crippen LogP contribution in [-0.4, -0.2) is 30.1 Å². The van der Waals surface area contributed by atoms with E-state index in [4.69, 9.17) is 5.73 Å². The minimum absolute atomic E-state index is 0.424. The van der Waals surface area contributed by atoms with E-state index < -0.39 is 0 Å². The van der Waals surface area contributed by atoms with Crippen molar-refractivity contribution in [2.75, 3.05) is 13.1 Å². The molecule has 0 radical (unpaired) electrons. The molecule has 1 saturated heterocycles. The summed E-state index contributed by atoms with van der Waals surface area (Å²) in [6.45, 7) is 7.00. The molecule has 2 rings (SSSR count). The van der Waals surface area contributed by atoms with E-state index >= 15 is 0 Å². The lowest BCUT2D eigenvalue weighted by Crippen LogP contribution is -2.38. The molecular weight excluding hydrogens is 196 g/mol. The number of rotatable bonds is 3. The van der Waals surface area contributed by atoms with Gasteiger partial charge in [0.05, 0.1) is 0 Å². The van der Waals surface area contributed by atoms with Gasteiger partial charge < -0.3 is 5.73 Å². The molecule has 1 heterocycles. The second kappa shape index (κ2) is 5.50. The second-order valence-corrected chi connectivity index (χ2v) is 6.06. The van der Waals surface area contributed by atoms with E-state index in [2.05, 4.69) is 18.7 Å². The van der Waals surface area contributed by atoms with Gasteiger partial charge in [-0.25, -0.2) is 0 Å². The van der Waals surface area contributed by atoms with Crippen molar-refractivity contribution in [2.45, 2.75) is 64.5 Å². The maximum atomic E-state index is 6.11. The highest BCUT2D eigenvalue weighted by molar-refractivity contribution is 4.89. The van der Waals surface area contributed by atoms with Gasteiger partial charge in [-0.05, 0) is 37.5 Å².